The lowest BCUT2D eigenvalue weighted by atomic mass is 10.2. The summed E-state index contributed by atoms with van der Waals surface area (Å²) in [6.07, 6.45) is 2.74. The van der Waals surface area contributed by atoms with Crippen LogP contribution in [0.2, 0.25) is 0 Å². The molecular formula is C12H13BrF2O2. The van der Waals surface area contributed by atoms with E-state index in [2.05, 4.69) is 15.9 Å². The van der Waals surface area contributed by atoms with Crippen LogP contribution in [0.1, 0.15) is 24.8 Å². The fraction of sp³-hybridized carbons (Fsp3) is 0.500. The minimum absolute atomic E-state index is 0.211. The summed E-state index contributed by atoms with van der Waals surface area (Å²) < 4.78 is 37.3. The third-order valence-electron chi connectivity index (χ3n) is 2.65. The van der Waals surface area contributed by atoms with E-state index < -0.39 is 11.6 Å². The highest BCUT2D eigenvalue weighted by Gasteiger charge is 2.15. The SMILES string of the molecule is Fc1cc(Br)c(COC2CCCCO2)cc1F. The molecule has 0 bridgehead atoms. The predicted octanol–water partition coefficient (Wildman–Crippen LogP) is 3.77. The predicted molar refractivity (Wildman–Crippen MR) is 62.4 cm³/mol. The van der Waals surface area contributed by atoms with E-state index in [1.165, 1.54) is 0 Å². The van der Waals surface area contributed by atoms with Crippen molar-refractivity contribution in [3.05, 3.63) is 33.8 Å². The molecule has 0 saturated carbocycles. The van der Waals surface area contributed by atoms with Crippen LogP contribution in [0.5, 0.6) is 0 Å². The molecule has 1 saturated heterocycles. The molecule has 0 radical (unpaired) electrons. The monoisotopic (exact) mass is 306 g/mol. The maximum absolute atomic E-state index is 13.0. The van der Waals surface area contributed by atoms with E-state index in [9.17, 15) is 8.78 Å². The maximum atomic E-state index is 13.0. The average Bonchev–Trinajstić information content (AvgIpc) is 2.33. The van der Waals surface area contributed by atoms with Gasteiger partial charge >= 0.3 is 0 Å². The van der Waals surface area contributed by atoms with Crippen molar-refractivity contribution in [2.45, 2.75) is 32.2 Å². The molecule has 0 spiro atoms. The lowest BCUT2D eigenvalue weighted by Crippen LogP contribution is -2.22. The Morgan fingerprint density at radius 2 is 2.06 bits per heavy atom. The van der Waals surface area contributed by atoms with Crippen LogP contribution in [0.3, 0.4) is 0 Å². The molecule has 1 aliphatic heterocycles. The summed E-state index contributed by atoms with van der Waals surface area (Å²) in [5, 5.41) is 0. The standard InChI is InChI=1S/C12H13BrF2O2/c13-9-6-11(15)10(14)5-8(9)7-17-12-3-1-2-4-16-12/h5-6,12H,1-4,7H2. The molecule has 1 aromatic rings. The molecule has 1 aliphatic rings. The highest BCUT2D eigenvalue weighted by molar-refractivity contribution is 9.10. The van der Waals surface area contributed by atoms with E-state index >= 15 is 0 Å². The first-order chi connectivity index (χ1) is 8.16. The Morgan fingerprint density at radius 1 is 1.29 bits per heavy atom. The summed E-state index contributed by atoms with van der Waals surface area (Å²) in [6.45, 7) is 0.909. The lowest BCUT2D eigenvalue weighted by molar-refractivity contribution is -0.169. The summed E-state index contributed by atoms with van der Waals surface area (Å²) >= 11 is 3.18. The van der Waals surface area contributed by atoms with E-state index in [1.54, 1.807) is 0 Å². The van der Waals surface area contributed by atoms with Gasteiger partial charge in [-0.1, -0.05) is 15.9 Å². The zero-order valence-corrected chi connectivity index (χ0v) is 10.8. The maximum Gasteiger partial charge on any atom is 0.159 e. The Bertz CT molecular complexity index is 392. The minimum atomic E-state index is -0.866. The molecule has 1 unspecified atom stereocenters. The van der Waals surface area contributed by atoms with Gasteiger partial charge in [0.2, 0.25) is 0 Å². The Kier molecular flexibility index (Phi) is 4.48. The van der Waals surface area contributed by atoms with Gasteiger partial charge in [0.15, 0.2) is 17.9 Å². The number of rotatable bonds is 3. The van der Waals surface area contributed by atoms with E-state index in [1.807, 2.05) is 0 Å². The smallest absolute Gasteiger partial charge is 0.159 e. The van der Waals surface area contributed by atoms with E-state index in [0.29, 0.717) is 16.6 Å². The van der Waals surface area contributed by atoms with Crippen LogP contribution in [-0.2, 0) is 16.1 Å². The Hall–Kier alpha value is -0.520. The fourth-order valence-corrected chi connectivity index (χ4v) is 2.13. The number of hydrogen-bond donors (Lipinski definition) is 0. The van der Waals surface area contributed by atoms with Crippen molar-refractivity contribution in [1.82, 2.24) is 0 Å². The van der Waals surface area contributed by atoms with Gasteiger partial charge in [0.1, 0.15) is 0 Å². The molecule has 94 valence electrons. The van der Waals surface area contributed by atoms with Crippen molar-refractivity contribution in [3.8, 4) is 0 Å². The molecule has 0 amide bonds. The number of ether oxygens (including phenoxy) is 2. The van der Waals surface area contributed by atoms with Gasteiger partial charge < -0.3 is 9.47 Å². The van der Waals surface area contributed by atoms with Crippen molar-refractivity contribution in [2.24, 2.45) is 0 Å². The summed E-state index contributed by atoms with van der Waals surface area (Å²) in [7, 11) is 0. The summed E-state index contributed by atoms with van der Waals surface area (Å²) in [5.41, 5.74) is 0.582. The molecular weight excluding hydrogens is 294 g/mol. The second-order valence-corrected chi connectivity index (χ2v) is 4.82. The van der Waals surface area contributed by atoms with E-state index in [0.717, 1.165) is 31.4 Å². The van der Waals surface area contributed by atoms with Gasteiger partial charge in [-0.25, -0.2) is 8.78 Å². The second kappa shape index (κ2) is 5.89. The summed E-state index contributed by atoms with van der Waals surface area (Å²) in [4.78, 5) is 0. The van der Waals surface area contributed by atoms with Crippen LogP contribution in [0.25, 0.3) is 0 Å². The minimum Gasteiger partial charge on any atom is -0.353 e. The zero-order valence-electron chi connectivity index (χ0n) is 9.22. The summed E-state index contributed by atoms with van der Waals surface area (Å²) in [5.74, 6) is -1.73. The fourth-order valence-electron chi connectivity index (χ4n) is 1.70. The number of hydrogen-bond acceptors (Lipinski definition) is 2. The van der Waals surface area contributed by atoms with Gasteiger partial charge in [-0.3, -0.25) is 0 Å². The largest absolute Gasteiger partial charge is 0.353 e. The highest BCUT2D eigenvalue weighted by Crippen LogP contribution is 2.23. The molecule has 2 rings (SSSR count). The van der Waals surface area contributed by atoms with Crippen LogP contribution < -0.4 is 0 Å². The van der Waals surface area contributed by atoms with Gasteiger partial charge in [0, 0.05) is 11.1 Å². The molecule has 5 heteroatoms. The van der Waals surface area contributed by atoms with Crippen molar-refractivity contribution < 1.29 is 18.3 Å². The van der Waals surface area contributed by atoms with Crippen LogP contribution in [-0.4, -0.2) is 12.9 Å². The quantitative estimate of drug-likeness (QED) is 0.791. The van der Waals surface area contributed by atoms with Gasteiger partial charge in [-0.15, -0.1) is 0 Å². The third kappa shape index (κ3) is 3.47. The van der Waals surface area contributed by atoms with Gasteiger partial charge in [0.05, 0.1) is 6.61 Å². The molecule has 1 aromatic carbocycles. The average molecular weight is 307 g/mol. The first-order valence-corrected chi connectivity index (χ1v) is 6.33. The van der Waals surface area contributed by atoms with Crippen LogP contribution in [0.15, 0.2) is 16.6 Å². The zero-order chi connectivity index (χ0) is 12.3. The van der Waals surface area contributed by atoms with Gasteiger partial charge in [-0.05, 0) is 37.0 Å². The molecule has 17 heavy (non-hydrogen) atoms. The molecule has 0 N–H and O–H groups in total. The van der Waals surface area contributed by atoms with Crippen molar-refractivity contribution in [2.75, 3.05) is 6.61 Å². The first-order valence-electron chi connectivity index (χ1n) is 5.53. The van der Waals surface area contributed by atoms with E-state index in [4.69, 9.17) is 9.47 Å². The van der Waals surface area contributed by atoms with Crippen LogP contribution in [0, 0.1) is 11.6 Å². The molecule has 1 atom stereocenters. The molecule has 0 aromatic heterocycles. The Morgan fingerprint density at radius 3 is 2.76 bits per heavy atom. The topological polar surface area (TPSA) is 18.5 Å². The summed E-state index contributed by atoms with van der Waals surface area (Å²) in [6, 6.07) is 2.25. The van der Waals surface area contributed by atoms with Crippen molar-refractivity contribution in [3.63, 3.8) is 0 Å². The lowest BCUT2D eigenvalue weighted by Gasteiger charge is -2.22. The van der Waals surface area contributed by atoms with Gasteiger partial charge in [-0.2, -0.15) is 0 Å². The highest BCUT2D eigenvalue weighted by atomic mass is 79.9. The first kappa shape index (κ1) is 12.9. The van der Waals surface area contributed by atoms with Crippen LogP contribution >= 0.6 is 15.9 Å². The number of halogens is 3. The number of benzene rings is 1. The normalized spacial score (nSPS) is 20.5. The van der Waals surface area contributed by atoms with Crippen molar-refractivity contribution >= 4 is 15.9 Å². The Labute approximate surface area is 107 Å². The molecule has 1 fully saturated rings. The van der Waals surface area contributed by atoms with Gasteiger partial charge in [0.25, 0.3) is 0 Å². The Balaban J connectivity index is 1.96. The van der Waals surface area contributed by atoms with Crippen molar-refractivity contribution in [1.29, 1.82) is 0 Å². The molecule has 2 nitrogen and oxygen atoms in total. The molecule has 1 heterocycles. The molecule has 0 aliphatic carbocycles. The third-order valence-corrected chi connectivity index (χ3v) is 3.39. The van der Waals surface area contributed by atoms with E-state index in [-0.39, 0.29) is 12.9 Å². The van der Waals surface area contributed by atoms with Crippen LogP contribution in [0.4, 0.5) is 8.78 Å². The second-order valence-electron chi connectivity index (χ2n) is 3.96.